The van der Waals surface area contributed by atoms with Gasteiger partial charge >= 0.3 is 0 Å². The molecule has 1 aromatic heterocycles. The number of aromatic nitrogens is 3. The molecule has 0 unspecified atom stereocenters. The molecule has 0 saturated carbocycles. The van der Waals surface area contributed by atoms with Gasteiger partial charge in [0.15, 0.2) is 0 Å². The van der Waals surface area contributed by atoms with E-state index in [1.807, 2.05) is 16.8 Å². The molecular weight excluding hydrogens is 292 g/mol. The van der Waals surface area contributed by atoms with E-state index >= 15 is 0 Å². The van der Waals surface area contributed by atoms with E-state index in [1.54, 1.807) is 0 Å². The van der Waals surface area contributed by atoms with Crippen LogP contribution in [0.5, 0.6) is 0 Å². The van der Waals surface area contributed by atoms with Gasteiger partial charge in [-0.3, -0.25) is 0 Å². The fraction of sp³-hybridized carbons (Fsp3) is 0.385. The first-order valence-electron chi connectivity index (χ1n) is 6.14. The van der Waals surface area contributed by atoms with Gasteiger partial charge in [-0.1, -0.05) is 46.6 Å². The average Bonchev–Trinajstić information content (AvgIpc) is 2.80. The summed E-state index contributed by atoms with van der Waals surface area (Å²) in [7, 11) is 0. The number of hydrogen-bond acceptors (Lipinski definition) is 3. The fourth-order valence-corrected chi connectivity index (χ4v) is 2.14. The van der Waals surface area contributed by atoms with Gasteiger partial charge in [-0.25, -0.2) is 4.68 Å². The molecule has 2 aromatic rings. The van der Waals surface area contributed by atoms with Crippen molar-refractivity contribution >= 4 is 15.9 Å². The molecule has 1 heterocycles. The quantitative estimate of drug-likeness (QED) is 0.924. The summed E-state index contributed by atoms with van der Waals surface area (Å²) in [6.07, 6.45) is 2.23. The van der Waals surface area contributed by atoms with Crippen molar-refractivity contribution in [2.24, 2.45) is 5.73 Å². The molecule has 2 N–H and O–H groups in total. The summed E-state index contributed by atoms with van der Waals surface area (Å²) in [6, 6.07) is 8.16. The highest BCUT2D eigenvalue weighted by Gasteiger charge is 2.13. The Bertz CT molecular complexity index is 504. The highest BCUT2D eigenvalue weighted by Crippen LogP contribution is 2.24. The molecular formula is C13H17BrN4. The minimum absolute atomic E-state index is 0.414. The summed E-state index contributed by atoms with van der Waals surface area (Å²) in [5.74, 6) is 0. The average molecular weight is 309 g/mol. The second-order valence-electron chi connectivity index (χ2n) is 4.17. The second kappa shape index (κ2) is 6.11. The molecule has 0 aliphatic heterocycles. The van der Waals surface area contributed by atoms with E-state index < -0.39 is 0 Å². The zero-order valence-corrected chi connectivity index (χ0v) is 12.0. The molecule has 0 bridgehead atoms. The Hall–Kier alpha value is -1.20. The lowest BCUT2D eigenvalue weighted by atomic mass is 10.1. The molecule has 2 rings (SSSR count). The normalized spacial score (nSPS) is 10.8. The zero-order chi connectivity index (χ0) is 13.0. The van der Waals surface area contributed by atoms with E-state index in [0.29, 0.717) is 6.54 Å². The number of hydrogen-bond donors (Lipinski definition) is 1. The Morgan fingerprint density at radius 1 is 1.28 bits per heavy atom. The standard InChI is InChI=1S/C13H17BrN4/c1-2-3-8-18-13(12(9-15)16-17-18)10-4-6-11(14)7-5-10/h4-7H,2-3,8-9,15H2,1H3. The minimum Gasteiger partial charge on any atom is -0.325 e. The first-order chi connectivity index (χ1) is 8.76. The highest BCUT2D eigenvalue weighted by molar-refractivity contribution is 9.10. The predicted molar refractivity (Wildman–Crippen MR) is 76.0 cm³/mol. The third-order valence-electron chi connectivity index (χ3n) is 2.84. The lowest BCUT2D eigenvalue weighted by Gasteiger charge is -2.07. The molecule has 0 amide bonds. The molecule has 96 valence electrons. The summed E-state index contributed by atoms with van der Waals surface area (Å²) in [4.78, 5) is 0. The Kier molecular flexibility index (Phi) is 4.49. The van der Waals surface area contributed by atoms with E-state index in [2.05, 4.69) is 45.3 Å². The van der Waals surface area contributed by atoms with Crippen molar-refractivity contribution in [2.45, 2.75) is 32.9 Å². The van der Waals surface area contributed by atoms with Crippen LogP contribution in [-0.2, 0) is 13.1 Å². The van der Waals surface area contributed by atoms with Crippen molar-refractivity contribution in [3.63, 3.8) is 0 Å². The van der Waals surface area contributed by atoms with Gasteiger partial charge in [0, 0.05) is 23.1 Å². The number of halogens is 1. The number of rotatable bonds is 5. The lowest BCUT2D eigenvalue weighted by Crippen LogP contribution is -2.04. The summed E-state index contributed by atoms with van der Waals surface area (Å²) >= 11 is 3.44. The molecule has 18 heavy (non-hydrogen) atoms. The maximum absolute atomic E-state index is 5.73. The first-order valence-corrected chi connectivity index (χ1v) is 6.94. The van der Waals surface area contributed by atoms with E-state index in [9.17, 15) is 0 Å². The van der Waals surface area contributed by atoms with Crippen LogP contribution in [0.3, 0.4) is 0 Å². The van der Waals surface area contributed by atoms with Gasteiger partial charge in [-0.15, -0.1) is 5.10 Å². The van der Waals surface area contributed by atoms with Crippen LogP contribution in [0.25, 0.3) is 11.3 Å². The van der Waals surface area contributed by atoms with Gasteiger partial charge in [0.1, 0.15) is 5.69 Å². The van der Waals surface area contributed by atoms with Gasteiger partial charge in [0.25, 0.3) is 0 Å². The SMILES string of the molecule is CCCCn1nnc(CN)c1-c1ccc(Br)cc1. The predicted octanol–water partition coefficient (Wildman–Crippen LogP) is 2.97. The third-order valence-corrected chi connectivity index (χ3v) is 3.37. The Morgan fingerprint density at radius 3 is 2.61 bits per heavy atom. The van der Waals surface area contributed by atoms with Crippen molar-refractivity contribution in [3.05, 3.63) is 34.4 Å². The smallest absolute Gasteiger partial charge is 0.104 e. The molecule has 5 heteroatoms. The summed E-state index contributed by atoms with van der Waals surface area (Å²) in [5.41, 5.74) is 8.74. The van der Waals surface area contributed by atoms with Gasteiger partial charge < -0.3 is 5.73 Å². The molecule has 0 aliphatic rings. The van der Waals surface area contributed by atoms with Crippen LogP contribution in [0.2, 0.25) is 0 Å². The maximum atomic E-state index is 5.73. The van der Waals surface area contributed by atoms with Crippen LogP contribution in [0.1, 0.15) is 25.5 Å². The van der Waals surface area contributed by atoms with Gasteiger partial charge in [0.2, 0.25) is 0 Å². The number of nitrogens with zero attached hydrogens (tertiary/aromatic N) is 3. The Labute approximate surface area is 115 Å². The molecule has 0 radical (unpaired) electrons. The molecule has 0 spiro atoms. The van der Waals surface area contributed by atoms with Crippen molar-refractivity contribution in [3.8, 4) is 11.3 Å². The maximum Gasteiger partial charge on any atom is 0.104 e. The summed E-state index contributed by atoms with van der Waals surface area (Å²) in [5, 5.41) is 8.36. The first kappa shape index (κ1) is 13.2. The minimum atomic E-state index is 0.414. The molecule has 0 saturated heterocycles. The summed E-state index contributed by atoms with van der Waals surface area (Å²) in [6.45, 7) is 3.46. The van der Waals surface area contributed by atoms with Crippen LogP contribution in [0, 0.1) is 0 Å². The Morgan fingerprint density at radius 2 is 2.00 bits per heavy atom. The van der Waals surface area contributed by atoms with Crippen LogP contribution in [0.4, 0.5) is 0 Å². The van der Waals surface area contributed by atoms with E-state index in [0.717, 1.165) is 40.8 Å². The van der Waals surface area contributed by atoms with Crippen LogP contribution >= 0.6 is 15.9 Å². The van der Waals surface area contributed by atoms with Gasteiger partial charge in [-0.2, -0.15) is 0 Å². The van der Waals surface area contributed by atoms with Crippen molar-refractivity contribution in [1.82, 2.24) is 15.0 Å². The number of benzene rings is 1. The number of unbranched alkanes of at least 4 members (excludes halogenated alkanes) is 1. The van der Waals surface area contributed by atoms with E-state index in [4.69, 9.17) is 5.73 Å². The molecule has 0 aliphatic carbocycles. The lowest BCUT2D eigenvalue weighted by molar-refractivity contribution is 0.557. The third kappa shape index (κ3) is 2.79. The monoisotopic (exact) mass is 308 g/mol. The van der Waals surface area contributed by atoms with Crippen molar-refractivity contribution in [1.29, 1.82) is 0 Å². The Balaban J connectivity index is 2.39. The van der Waals surface area contributed by atoms with Gasteiger partial charge in [-0.05, 0) is 18.6 Å². The van der Waals surface area contributed by atoms with Crippen LogP contribution in [-0.4, -0.2) is 15.0 Å². The van der Waals surface area contributed by atoms with E-state index in [-0.39, 0.29) is 0 Å². The fourth-order valence-electron chi connectivity index (χ4n) is 1.87. The zero-order valence-electron chi connectivity index (χ0n) is 10.4. The largest absolute Gasteiger partial charge is 0.325 e. The molecule has 1 aromatic carbocycles. The van der Waals surface area contributed by atoms with Crippen molar-refractivity contribution < 1.29 is 0 Å². The molecule has 0 atom stereocenters. The topological polar surface area (TPSA) is 56.7 Å². The molecule has 4 nitrogen and oxygen atoms in total. The van der Waals surface area contributed by atoms with E-state index in [1.165, 1.54) is 0 Å². The second-order valence-corrected chi connectivity index (χ2v) is 5.09. The van der Waals surface area contributed by atoms with Crippen LogP contribution in [0.15, 0.2) is 28.7 Å². The number of nitrogens with two attached hydrogens (primary N) is 1. The highest BCUT2D eigenvalue weighted by atomic mass is 79.9. The number of aryl methyl sites for hydroxylation is 1. The van der Waals surface area contributed by atoms with Gasteiger partial charge in [0.05, 0.1) is 5.69 Å². The molecule has 0 fully saturated rings. The van der Waals surface area contributed by atoms with Crippen molar-refractivity contribution in [2.75, 3.05) is 0 Å². The van der Waals surface area contributed by atoms with Crippen LogP contribution < -0.4 is 5.73 Å². The summed E-state index contributed by atoms with van der Waals surface area (Å²) < 4.78 is 3.02.